The van der Waals surface area contributed by atoms with Gasteiger partial charge < -0.3 is 9.72 Å². The SMILES string of the molecule is O=C(OC1CCCCC1)c1c2nc3ccccc3nc2n2c1[nH]c(=O)c1ccccc12. The summed E-state index contributed by atoms with van der Waals surface area (Å²) < 4.78 is 7.68. The van der Waals surface area contributed by atoms with Gasteiger partial charge in [0.25, 0.3) is 5.56 Å². The number of hydrogen-bond acceptors (Lipinski definition) is 5. The molecule has 3 aromatic heterocycles. The molecule has 31 heavy (non-hydrogen) atoms. The van der Waals surface area contributed by atoms with Gasteiger partial charge in [-0.1, -0.05) is 30.7 Å². The molecule has 0 aliphatic heterocycles. The molecular formula is C24H20N4O3. The van der Waals surface area contributed by atoms with Crippen LogP contribution in [0.1, 0.15) is 42.5 Å². The highest BCUT2D eigenvalue weighted by molar-refractivity contribution is 6.11. The molecule has 2 aromatic carbocycles. The number of hydrogen-bond donors (Lipinski definition) is 1. The summed E-state index contributed by atoms with van der Waals surface area (Å²) in [7, 11) is 0. The molecular weight excluding hydrogens is 392 g/mol. The third-order valence-electron chi connectivity index (χ3n) is 6.11. The first-order valence-corrected chi connectivity index (χ1v) is 10.6. The second-order valence-corrected chi connectivity index (χ2v) is 8.08. The van der Waals surface area contributed by atoms with E-state index in [0.29, 0.717) is 33.2 Å². The number of carbonyl (C=O) groups excluding carboxylic acids is 1. The Labute approximate surface area is 176 Å². The molecule has 0 atom stereocenters. The fourth-order valence-electron chi connectivity index (χ4n) is 4.62. The number of nitrogens with zero attached hydrogens (tertiary/aromatic N) is 3. The minimum absolute atomic E-state index is 0.105. The fourth-order valence-corrected chi connectivity index (χ4v) is 4.62. The van der Waals surface area contributed by atoms with Crippen molar-refractivity contribution in [3.8, 4) is 0 Å². The highest BCUT2D eigenvalue weighted by Crippen LogP contribution is 2.29. The van der Waals surface area contributed by atoms with Crippen molar-refractivity contribution in [2.45, 2.75) is 38.2 Å². The first-order valence-electron chi connectivity index (χ1n) is 10.6. The van der Waals surface area contributed by atoms with Crippen molar-refractivity contribution in [3.63, 3.8) is 0 Å². The Kier molecular flexibility index (Phi) is 4.02. The Morgan fingerprint density at radius 2 is 1.68 bits per heavy atom. The van der Waals surface area contributed by atoms with Crippen molar-refractivity contribution < 1.29 is 9.53 Å². The summed E-state index contributed by atoms with van der Waals surface area (Å²) in [6.45, 7) is 0. The molecule has 1 N–H and O–H groups in total. The third-order valence-corrected chi connectivity index (χ3v) is 6.11. The topological polar surface area (TPSA) is 89.3 Å². The van der Waals surface area contributed by atoms with Crippen LogP contribution in [-0.4, -0.2) is 31.4 Å². The maximum atomic E-state index is 13.4. The number of carbonyl (C=O) groups is 1. The summed E-state index contributed by atoms with van der Waals surface area (Å²) in [4.78, 5) is 38.6. The lowest BCUT2D eigenvalue weighted by molar-refractivity contribution is 0.0215. The summed E-state index contributed by atoms with van der Waals surface area (Å²) >= 11 is 0. The largest absolute Gasteiger partial charge is 0.459 e. The number of ether oxygens (including phenoxy) is 1. The molecule has 0 spiro atoms. The Hall–Kier alpha value is -3.74. The second kappa shape index (κ2) is 6.91. The molecule has 7 nitrogen and oxygen atoms in total. The van der Waals surface area contributed by atoms with Crippen molar-refractivity contribution in [2.24, 2.45) is 0 Å². The Morgan fingerprint density at radius 3 is 2.48 bits per heavy atom. The van der Waals surface area contributed by atoms with Gasteiger partial charge in [-0.3, -0.25) is 9.20 Å². The number of esters is 1. The van der Waals surface area contributed by atoms with Crippen LogP contribution >= 0.6 is 0 Å². The van der Waals surface area contributed by atoms with E-state index in [1.807, 2.05) is 46.9 Å². The van der Waals surface area contributed by atoms with Crippen LogP contribution in [0.2, 0.25) is 0 Å². The van der Waals surface area contributed by atoms with Gasteiger partial charge in [-0.05, 0) is 49.9 Å². The number of para-hydroxylation sites is 3. The molecule has 5 aromatic rings. The average Bonchev–Trinajstić information content (AvgIpc) is 3.11. The number of rotatable bonds is 2. The zero-order valence-electron chi connectivity index (χ0n) is 16.8. The van der Waals surface area contributed by atoms with E-state index in [1.54, 1.807) is 6.07 Å². The van der Waals surface area contributed by atoms with E-state index in [1.165, 1.54) is 6.42 Å². The van der Waals surface area contributed by atoms with Gasteiger partial charge in [-0.25, -0.2) is 14.8 Å². The molecule has 0 saturated heterocycles. The fraction of sp³-hybridized carbons (Fsp3) is 0.250. The van der Waals surface area contributed by atoms with Gasteiger partial charge in [0, 0.05) is 0 Å². The average molecular weight is 412 g/mol. The van der Waals surface area contributed by atoms with Gasteiger partial charge in [-0.15, -0.1) is 0 Å². The number of benzene rings is 2. The van der Waals surface area contributed by atoms with Gasteiger partial charge in [-0.2, -0.15) is 0 Å². The van der Waals surface area contributed by atoms with Crippen LogP contribution in [0.5, 0.6) is 0 Å². The number of aromatic nitrogens is 4. The van der Waals surface area contributed by atoms with Crippen molar-refractivity contribution in [1.29, 1.82) is 0 Å². The van der Waals surface area contributed by atoms with Crippen molar-refractivity contribution in [2.75, 3.05) is 0 Å². The molecule has 0 radical (unpaired) electrons. The van der Waals surface area contributed by atoms with Crippen LogP contribution in [0, 0.1) is 0 Å². The standard InChI is InChI=1S/C24H20N4O3/c29-23-15-10-4-7-13-18(15)28-21(27-23)19(24(30)31-14-8-2-1-3-9-14)20-22(28)26-17-12-6-5-11-16(17)25-20/h4-7,10-14H,1-3,8-9H2,(H,27,29). The van der Waals surface area contributed by atoms with Gasteiger partial charge in [0.1, 0.15) is 22.8 Å². The molecule has 1 saturated carbocycles. The van der Waals surface area contributed by atoms with Crippen LogP contribution in [0.25, 0.3) is 38.7 Å². The van der Waals surface area contributed by atoms with Crippen molar-refractivity contribution in [1.82, 2.24) is 19.4 Å². The molecule has 3 heterocycles. The summed E-state index contributed by atoms with van der Waals surface area (Å²) in [5.41, 5.74) is 3.41. The predicted molar refractivity (Wildman–Crippen MR) is 118 cm³/mol. The molecule has 1 fully saturated rings. The van der Waals surface area contributed by atoms with Gasteiger partial charge >= 0.3 is 5.97 Å². The molecule has 6 rings (SSSR count). The van der Waals surface area contributed by atoms with Crippen LogP contribution in [0.3, 0.4) is 0 Å². The molecule has 0 bridgehead atoms. The summed E-state index contributed by atoms with van der Waals surface area (Å²) in [5, 5.41) is 0.522. The van der Waals surface area contributed by atoms with Crippen molar-refractivity contribution in [3.05, 3.63) is 64.4 Å². The van der Waals surface area contributed by atoms with Gasteiger partial charge in [0.05, 0.1) is 21.9 Å². The Bertz CT molecular complexity index is 1540. The van der Waals surface area contributed by atoms with Crippen molar-refractivity contribution >= 4 is 44.7 Å². The summed E-state index contributed by atoms with van der Waals surface area (Å²) in [6.07, 6.45) is 4.91. The smallest absolute Gasteiger partial charge is 0.344 e. The first kappa shape index (κ1) is 18.1. The van der Waals surface area contributed by atoms with Crippen LogP contribution in [0.15, 0.2) is 53.3 Å². The van der Waals surface area contributed by atoms with E-state index in [0.717, 1.165) is 31.2 Å². The molecule has 7 heteroatoms. The van der Waals surface area contributed by atoms with E-state index < -0.39 is 5.97 Å². The maximum Gasteiger partial charge on any atom is 0.344 e. The minimum Gasteiger partial charge on any atom is -0.459 e. The normalized spacial score (nSPS) is 15.2. The molecule has 0 unspecified atom stereocenters. The number of aromatic amines is 1. The monoisotopic (exact) mass is 412 g/mol. The van der Waals surface area contributed by atoms with Crippen LogP contribution in [0.4, 0.5) is 0 Å². The Balaban J connectivity index is 1.69. The molecule has 154 valence electrons. The van der Waals surface area contributed by atoms with Crippen LogP contribution in [-0.2, 0) is 4.74 Å². The van der Waals surface area contributed by atoms with E-state index in [2.05, 4.69) is 4.98 Å². The van der Waals surface area contributed by atoms with E-state index in [9.17, 15) is 9.59 Å². The number of fused-ring (bicyclic) bond motifs is 6. The van der Waals surface area contributed by atoms with E-state index >= 15 is 0 Å². The quantitative estimate of drug-likeness (QED) is 0.435. The lowest BCUT2D eigenvalue weighted by Gasteiger charge is -2.21. The first-order chi connectivity index (χ1) is 15.2. The van der Waals surface area contributed by atoms with E-state index in [4.69, 9.17) is 14.7 Å². The number of H-pyrrole nitrogens is 1. The highest BCUT2D eigenvalue weighted by atomic mass is 16.5. The molecule has 1 aliphatic rings. The molecule has 0 amide bonds. The van der Waals surface area contributed by atoms with Gasteiger partial charge in [0.2, 0.25) is 0 Å². The Morgan fingerprint density at radius 1 is 0.968 bits per heavy atom. The summed E-state index contributed by atoms with van der Waals surface area (Å²) in [6, 6.07) is 14.8. The van der Waals surface area contributed by atoms with Crippen LogP contribution < -0.4 is 5.56 Å². The van der Waals surface area contributed by atoms with E-state index in [-0.39, 0.29) is 17.2 Å². The molecule has 1 aliphatic carbocycles. The zero-order valence-corrected chi connectivity index (χ0v) is 16.8. The second-order valence-electron chi connectivity index (χ2n) is 8.08. The minimum atomic E-state index is -0.463. The third kappa shape index (κ3) is 2.80. The lowest BCUT2D eigenvalue weighted by Crippen LogP contribution is -2.21. The predicted octanol–water partition coefficient (Wildman–Crippen LogP) is 4.37. The van der Waals surface area contributed by atoms with Gasteiger partial charge in [0.15, 0.2) is 5.65 Å². The zero-order chi connectivity index (χ0) is 20.9. The lowest BCUT2D eigenvalue weighted by atomic mass is 9.98. The highest BCUT2D eigenvalue weighted by Gasteiger charge is 2.27. The number of nitrogens with one attached hydrogen (secondary N) is 1. The maximum absolute atomic E-state index is 13.4. The summed E-state index contributed by atoms with van der Waals surface area (Å²) in [5.74, 6) is -0.463.